The van der Waals surface area contributed by atoms with Gasteiger partial charge < -0.3 is 10.5 Å². The Bertz CT molecular complexity index is 144. The highest BCUT2D eigenvalue weighted by atomic mass is 17.1. The summed E-state index contributed by atoms with van der Waals surface area (Å²) in [4.78, 5) is 21.8. The molecular weight excluding hydrogens is 154 g/mol. The molecule has 1 amide bonds. The number of carbonyl (C=O) groups excluding carboxylic acids is 2. The van der Waals surface area contributed by atoms with Gasteiger partial charge in [0.1, 0.15) is 0 Å². The van der Waals surface area contributed by atoms with Crippen molar-refractivity contribution in [3.8, 4) is 0 Å². The van der Waals surface area contributed by atoms with Crippen molar-refractivity contribution >= 4 is 12.1 Å². The number of rotatable bonds is 1. The van der Waals surface area contributed by atoms with E-state index in [9.17, 15) is 4.79 Å². The van der Waals surface area contributed by atoms with Gasteiger partial charge in [0.15, 0.2) is 0 Å². The molecule has 64 valence electrons. The third kappa shape index (κ3) is 17.8. The molecule has 0 saturated carbocycles. The summed E-state index contributed by atoms with van der Waals surface area (Å²) in [7, 11) is 1.31. The van der Waals surface area contributed by atoms with Crippen molar-refractivity contribution in [2.24, 2.45) is 5.73 Å². The summed E-state index contributed by atoms with van der Waals surface area (Å²) in [5.74, 6) is -0.394. The van der Waals surface area contributed by atoms with Crippen molar-refractivity contribution in [3.63, 3.8) is 0 Å². The summed E-state index contributed by atoms with van der Waals surface area (Å²) in [5, 5.41) is 7.17. The quantitative estimate of drug-likeness (QED) is 0.243. The number of amides is 1. The topological polar surface area (TPSA) is 98.9 Å². The molecule has 0 aliphatic carbocycles. The van der Waals surface area contributed by atoms with Crippen molar-refractivity contribution in [2.45, 2.75) is 0 Å². The minimum Gasteiger partial charge on any atom is -0.466 e. The SMILES string of the molecule is C=CC(=O)OC.NC(=O)OO. The molecule has 6 nitrogen and oxygen atoms in total. The number of carbonyl (C=O) groups is 2. The van der Waals surface area contributed by atoms with Crippen LogP contribution in [0, 0.1) is 0 Å². The second-order valence-corrected chi connectivity index (χ2v) is 1.14. The van der Waals surface area contributed by atoms with E-state index < -0.39 is 12.1 Å². The summed E-state index contributed by atoms with van der Waals surface area (Å²) in [6.07, 6.45) is -0.0787. The molecule has 0 fully saturated rings. The van der Waals surface area contributed by atoms with Gasteiger partial charge in [-0.05, 0) is 0 Å². The first kappa shape index (κ1) is 12.1. The third-order valence-corrected chi connectivity index (χ3v) is 0.458. The number of hydrogen-bond donors (Lipinski definition) is 2. The van der Waals surface area contributed by atoms with E-state index in [0.717, 1.165) is 6.08 Å². The zero-order chi connectivity index (χ0) is 9.28. The Labute approximate surface area is 63.1 Å². The van der Waals surface area contributed by atoms with Gasteiger partial charge in [0.2, 0.25) is 0 Å². The molecule has 0 radical (unpaired) electrons. The highest BCUT2D eigenvalue weighted by Gasteiger charge is 1.82. The molecule has 0 heterocycles. The van der Waals surface area contributed by atoms with Crippen molar-refractivity contribution in [1.29, 1.82) is 0 Å². The van der Waals surface area contributed by atoms with E-state index in [1.54, 1.807) is 0 Å². The number of hydrogen-bond acceptors (Lipinski definition) is 5. The maximum Gasteiger partial charge on any atom is 0.435 e. The van der Waals surface area contributed by atoms with Gasteiger partial charge in [-0.1, -0.05) is 6.58 Å². The average molecular weight is 163 g/mol. The molecule has 0 atom stereocenters. The summed E-state index contributed by atoms with van der Waals surface area (Å²) >= 11 is 0. The second kappa shape index (κ2) is 8.44. The smallest absolute Gasteiger partial charge is 0.435 e. The van der Waals surface area contributed by atoms with E-state index in [1.165, 1.54) is 7.11 Å². The number of nitrogens with two attached hydrogens (primary N) is 1. The third-order valence-electron chi connectivity index (χ3n) is 0.458. The lowest BCUT2D eigenvalue weighted by Crippen LogP contribution is -2.09. The van der Waals surface area contributed by atoms with Crippen LogP contribution >= 0.6 is 0 Å². The monoisotopic (exact) mass is 163 g/mol. The van der Waals surface area contributed by atoms with Gasteiger partial charge in [-0.15, -0.1) is 0 Å². The average Bonchev–Trinajstić information content (AvgIpc) is 2.04. The van der Waals surface area contributed by atoms with Gasteiger partial charge >= 0.3 is 12.1 Å². The van der Waals surface area contributed by atoms with Crippen LogP contribution in [0.2, 0.25) is 0 Å². The molecule has 0 aromatic rings. The molecule has 3 N–H and O–H groups in total. The van der Waals surface area contributed by atoms with Crippen LogP contribution in [-0.4, -0.2) is 24.4 Å². The van der Waals surface area contributed by atoms with Crippen molar-refractivity contribution in [1.82, 2.24) is 0 Å². The molecule has 11 heavy (non-hydrogen) atoms. The van der Waals surface area contributed by atoms with Gasteiger partial charge in [0.05, 0.1) is 7.11 Å². The fourth-order valence-corrected chi connectivity index (χ4v) is 0.0833. The lowest BCUT2D eigenvalue weighted by molar-refractivity contribution is -0.174. The van der Waals surface area contributed by atoms with E-state index in [2.05, 4.69) is 21.9 Å². The first-order chi connectivity index (χ1) is 5.08. The van der Waals surface area contributed by atoms with Crippen LogP contribution in [0.15, 0.2) is 12.7 Å². The lowest BCUT2D eigenvalue weighted by atomic mass is 10.7. The van der Waals surface area contributed by atoms with Gasteiger partial charge in [0.25, 0.3) is 0 Å². The molecule has 0 aliphatic rings. The van der Waals surface area contributed by atoms with Crippen molar-refractivity contribution in [2.75, 3.05) is 7.11 Å². The Morgan fingerprint density at radius 2 is 2.00 bits per heavy atom. The largest absolute Gasteiger partial charge is 0.466 e. The lowest BCUT2D eigenvalue weighted by Gasteiger charge is -1.83. The number of esters is 1. The van der Waals surface area contributed by atoms with Crippen LogP contribution in [0.3, 0.4) is 0 Å². The summed E-state index contributed by atoms with van der Waals surface area (Å²) in [5.41, 5.74) is 4.18. The predicted molar refractivity (Wildman–Crippen MR) is 35.5 cm³/mol. The van der Waals surface area contributed by atoms with Crippen LogP contribution in [0.4, 0.5) is 4.79 Å². The molecule has 0 aromatic carbocycles. The highest BCUT2D eigenvalue weighted by molar-refractivity contribution is 5.80. The number of ether oxygens (including phenoxy) is 1. The van der Waals surface area contributed by atoms with Crippen LogP contribution < -0.4 is 5.73 Å². The fourth-order valence-electron chi connectivity index (χ4n) is 0.0833. The minimum absolute atomic E-state index is 0.394. The molecule has 0 saturated heterocycles. The Hall–Kier alpha value is -1.56. The van der Waals surface area contributed by atoms with Crippen molar-refractivity contribution < 1.29 is 24.5 Å². The van der Waals surface area contributed by atoms with Crippen molar-refractivity contribution in [3.05, 3.63) is 12.7 Å². The van der Waals surface area contributed by atoms with E-state index in [0.29, 0.717) is 0 Å². The molecule has 0 aliphatic heterocycles. The van der Waals surface area contributed by atoms with E-state index in [-0.39, 0.29) is 0 Å². The van der Waals surface area contributed by atoms with E-state index >= 15 is 0 Å². The second-order valence-electron chi connectivity index (χ2n) is 1.14. The Morgan fingerprint density at radius 1 is 1.64 bits per heavy atom. The molecule has 0 rings (SSSR count). The van der Waals surface area contributed by atoms with E-state index in [1.807, 2.05) is 0 Å². The Kier molecular flexibility index (Phi) is 9.32. The first-order valence-corrected chi connectivity index (χ1v) is 2.39. The number of methoxy groups -OCH3 is 1. The van der Waals surface area contributed by atoms with Crippen LogP contribution in [0.5, 0.6) is 0 Å². The Balaban J connectivity index is 0. The zero-order valence-electron chi connectivity index (χ0n) is 5.94. The Morgan fingerprint density at radius 3 is 2.00 bits per heavy atom. The number of primary amides is 1. The summed E-state index contributed by atoms with van der Waals surface area (Å²) < 4.78 is 4.14. The van der Waals surface area contributed by atoms with Crippen LogP contribution in [0.25, 0.3) is 0 Å². The maximum atomic E-state index is 9.84. The molecule has 0 aromatic heterocycles. The van der Waals surface area contributed by atoms with Gasteiger partial charge in [0, 0.05) is 6.08 Å². The minimum atomic E-state index is -1.19. The molecular formula is C5H9NO5. The fraction of sp³-hybridized carbons (Fsp3) is 0.200. The predicted octanol–water partition coefficient (Wildman–Crippen LogP) is -0.0999. The summed E-state index contributed by atoms with van der Waals surface area (Å²) in [6.45, 7) is 3.16. The van der Waals surface area contributed by atoms with E-state index in [4.69, 9.17) is 10.1 Å². The normalized spacial score (nSPS) is 6.73. The molecule has 0 bridgehead atoms. The standard InChI is InChI=1S/C4H6O2.CH3NO3/c1-3-4(5)6-2;2-1(3)5-4/h3H,1H2,2H3;4H,(H2,2,3). The van der Waals surface area contributed by atoms with Gasteiger partial charge in [-0.2, -0.15) is 5.26 Å². The van der Waals surface area contributed by atoms with Crippen LogP contribution in [0.1, 0.15) is 0 Å². The van der Waals surface area contributed by atoms with Crippen LogP contribution in [-0.2, 0) is 14.4 Å². The molecule has 0 spiro atoms. The summed E-state index contributed by atoms with van der Waals surface area (Å²) in [6, 6.07) is 0. The molecule has 0 unspecified atom stereocenters. The maximum absolute atomic E-state index is 9.84. The van der Waals surface area contributed by atoms with Gasteiger partial charge in [-0.25, -0.2) is 9.59 Å². The van der Waals surface area contributed by atoms with Gasteiger partial charge in [-0.3, -0.25) is 4.89 Å². The first-order valence-electron chi connectivity index (χ1n) is 2.39. The molecule has 6 heteroatoms. The highest BCUT2D eigenvalue weighted by Crippen LogP contribution is 1.67. The zero-order valence-corrected chi connectivity index (χ0v) is 5.94.